The summed E-state index contributed by atoms with van der Waals surface area (Å²) in [7, 11) is 0. The zero-order valence-corrected chi connectivity index (χ0v) is 11.0. The molecule has 2 rings (SSSR count). The number of ether oxygens (including phenoxy) is 1. The molecule has 1 aromatic carbocycles. The third-order valence-corrected chi connectivity index (χ3v) is 2.87. The molecule has 0 aliphatic carbocycles. The fourth-order valence-electron chi connectivity index (χ4n) is 1.99. The fraction of sp³-hybridized carbons (Fsp3) is 0.308. The standard InChI is InChI=1S/C13H14N2O6/c16-11(17)6-15(7-12(18)19)13(20)10-5-14-8-3-1-2-4-9(8)21-10/h1-4,10,14H,5-7H2,(H,16,17)(H,18,19). The van der Waals surface area contributed by atoms with Crippen molar-refractivity contribution in [1.29, 1.82) is 0 Å². The SMILES string of the molecule is O=C(O)CN(CC(=O)O)C(=O)C1CNc2ccccc2O1. The molecule has 1 aliphatic heterocycles. The Hall–Kier alpha value is -2.77. The van der Waals surface area contributed by atoms with Gasteiger partial charge in [-0.05, 0) is 12.1 Å². The Bertz CT molecular complexity index is 558. The van der Waals surface area contributed by atoms with Gasteiger partial charge in [0.25, 0.3) is 5.91 Å². The zero-order chi connectivity index (χ0) is 15.4. The number of nitrogens with zero attached hydrogens (tertiary/aromatic N) is 1. The lowest BCUT2D eigenvalue weighted by atomic mass is 10.2. The molecule has 0 fully saturated rings. The molecular weight excluding hydrogens is 280 g/mol. The predicted octanol–water partition coefficient (Wildman–Crippen LogP) is -0.143. The van der Waals surface area contributed by atoms with Crippen LogP contribution in [0.2, 0.25) is 0 Å². The number of carbonyl (C=O) groups excluding carboxylic acids is 1. The van der Waals surface area contributed by atoms with Crippen molar-refractivity contribution in [3.05, 3.63) is 24.3 Å². The minimum atomic E-state index is -1.28. The second-order valence-corrected chi connectivity index (χ2v) is 4.47. The lowest BCUT2D eigenvalue weighted by Crippen LogP contribution is -2.50. The molecule has 112 valence electrons. The first-order chi connectivity index (χ1) is 9.97. The van der Waals surface area contributed by atoms with Gasteiger partial charge in [0.05, 0.1) is 12.2 Å². The van der Waals surface area contributed by atoms with Gasteiger partial charge >= 0.3 is 11.9 Å². The molecule has 8 nitrogen and oxygen atoms in total. The Labute approximate surface area is 119 Å². The Balaban J connectivity index is 2.11. The summed E-state index contributed by atoms with van der Waals surface area (Å²) in [6.07, 6.45) is -0.960. The van der Waals surface area contributed by atoms with Gasteiger partial charge in [-0.3, -0.25) is 14.4 Å². The van der Waals surface area contributed by atoms with E-state index in [1.54, 1.807) is 24.3 Å². The quantitative estimate of drug-likeness (QED) is 0.692. The largest absolute Gasteiger partial charge is 0.480 e. The molecule has 3 N–H and O–H groups in total. The van der Waals surface area contributed by atoms with E-state index in [0.29, 0.717) is 5.75 Å². The van der Waals surface area contributed by atoms with Crippen LogP contribution in [-0.2, 0) is 14.4 Å². The van der Waals surface area contributed by atoms with Gasteiger partial charge in [-0.1, -0.05) is 12.1 Å². The molecule has 1 aromatic rings. The summed E-state index contributed by atoms with van der Waals surface area (Å²) in [5, 5.41) is 20.5. The monoisotopic (exact) mass is 294 g/mol. The number of hydrogen-bond acceptors (Lipinski definition) is 5. The van der Waals surface area contributed by atoms with Crippen molar-refractivity contribution in [3.63, 3.8) is 0 Å². The summed E-state index contributed by atoms with van der Waals surface area (Å²) < 4.78 is 5.50. The number of carboxylic acids is 2. The van der Waals surface area contributed by atoms with Crippen LogP contribution < -0.4 is 10.1 Å². The maximum atomic E-state index is 12.2. The van der Waals surface area contributed by atoms with Gasteiger partial charge in [-0.25, -0.2) is 0 Å². The van der Waals surface area contributed by atoms with E-state index < -0.39 is 37.0 Å². The van der Waals surface area contributed by atoms with Crippen LogP contribution in [0.15, 0.2) is 24.3 Å². The van der Waals surface area contributed by atoms with Crippen LogP contribution in [0.4, 0.5) is 5.69 Å². The molecule has 0 saturated carbocycles. The highest BCUT2D eigenvalue weighted by molar-refractivity contribution is 5.89. The van der Waals surface area contributed by atoms with Crippen molar-refractivity contribution in [2.75, 3.05) is 25.0 Å². The molecule has 0 bridgehead atoms. The number of carbonyl (C=O) groups is 3. The highest BCUT2D eigenvalue weighted by Gasteiger charge is 2.31. The van der Waals surface area contributed by atoms with Crippen molar-refractivity contribution < 1.29 is 29.3 Å². The molecule has 1 unspecified atom stereocenters. The van der Waals surface area contributed by atoms with Gasteiger partial charge in [-0.15, -0.1) is 0 Å². The van der Waals surface area contributed by atoms with E-state index in [9.17, 15) is 14.4 Å². The third-order valence-electron chi connectivity index (χ3n) is 2.87. The van der Waals surface area contributed by atoms with E-state index in [1.165, 1.54) is 0 Å². The van der Waals surface area contributed by atoms with Crippen LogP contribution in [0.25, 0.3) is 0 Å². The average Bonchev–Trinajstić information content (AvgIpc) is 2.44. The van der Waals surface area contributed by atoms with Crippen LogP contribution >= 0.6 is 0 Å². The summed E-state index contributed by atoms with van der Waals surface area (Å²) in [5.41, 5.74) is 0.726. The number of carboxylic acid groups (broad SMARTS) is 2. The summed E-state index contributed by atoms with van der Waals surface area (Å²) in [6, 6.07) is 6.99. The molecule has 0 aromatic heterocycles. The molecular formula is C13H14N2O6. The normalized spacial score (nSPS) is 16.1. The number of nitrogens with one attached hydrogen (secondary N) is 1. The number of fused-ring (bicyclic) bond motifs is 1. The van der Waals surface area contributed by atoms with Gasteiger partial charge in [-0.2, -0.15) is 0 Å². The summed E-state index contributed by atoms with van der Waals surface area (Å²) in [6.45, 7) is -1.23. The topological polar surface area (TPSA) is 116 Å². The van der Waals surface area contributed by atoms with Crippen LogP contribution in [0.5, 0.6) is 5.75 Å². The van der Waals surface area contributed by atoms with Crippen molar-refractivity contribution in [2.24, 2.45) is 0 Å². The van der Waals surface area contributed by atoms with E-state index in [4.69, 9.17) is 14.9 Å². The Kier molecular flexibility index (Phi) is 4.27. The molecule has 8 heteroatoms. The van der Waals surface area contributed by atoms with Gasteiger partial charge in [0, 0.05) is 0 Å². The van der Waals surface area contributed by atoms with Crippen LogP contribution in [-0.4, -0.2) is 58.7 Å². The Morgan fingerprint density at radius 3 is 2.43 bits per heavy atom. The highest BCUT2D eigenvalue weighted by Crippen LogP contribution is 2.28. The number of hydrogen-bond donors (Lipinski definition) is 3. The van der Waals surface area contributed by atoms with E-state index in [0.717, 1.165) is 10.6 Å². The van der Waals surface area contributed by atoms with Crippen molar-refractivity contribution in [1.82, 2.24) is 4.90 Å². The van der Waals surface area contributed by atoms with Crippen LogP contribution in [0.1, 0.15) is 0 Å². The summed E-state index contributed by atoms with van der Waals surface area (Å²) in [4.78, 5) is 34.4. The molecule has 1 aliphatic rings. The Morgan fingerprint density at radius 1 is 1.19 bits per heavy atom. The number of para-hydroxylation sites is 2. The smallest absolute Gasteiger partial charge is 0.323 e. The van der Waals surface area contributed by atoms with Gasteiger partial charge in [0.15, 0.2) is 6.10 Å². The molecule has 0 spiro atoms. The molecule has 1 atom stereocenters. The number of rotatable bonds is 5. The lowest BCUT2D eigenvalue weighted by molar-refractivity contribution is -0.152. The minimum Gasteiger partial charge on any atom is -0.480 e. The second kappa shape index (κ2) is 6.12. The summed E-state index contributed by atoms with van der Waals surface area (Å²) in [5.74, 6) is -2.78. The number of anilines is 1. The van der Waals surface area contributed by atoms with E-state index in [-0.39, 0.29) is 6.54 Å². The molecule has 1 heterocycles. The van der Waals surface area contributed by atoms with Crippen LogP contribution in [0, 0.1) is 0 Å². The van der Waals surface area contributed by atoms with Crippen molar-refractivity contribution in [2.45, 2.75) is 6.10 Å². The third kappa shape index (κ3) is 3.62. The number of amides is 1. The van der Waals surface area contributed by atoms with Gasteiger partial charge in [0.2, 0.25) is 0 Å². The lowest BCUT2D eigenvalue weighted by Gasteiger charge is -2.30. The first kappa shape index (κ1) is 14.6. The molecule has 0 radical (unpaired) electrons. The average molecular weight is 294 g/mol. The summed E-state index contributed by atoms with van der Waals surface area (Å²) >= 11 is 0. The number of benzene rings is 1. The van der Waals surface area contributed by atoms with E-state index >= 15 is 0 Å². The van der Waals surface area contributed by atoms with Crippen molar-refractivity contribution in [3.8, 4) is 5.75 Å². The second-order valence-electron chi connectivity index (χ2n) is 4.47. The first-order valence-corrected chi connectivity index (χ1v) is 6.19. The van der Waals surface area contributed by atoms with Gasteiger partial charge < -0.3 is 25.2 Å². The zero-order valence-electron chi connectivity index (χ0n) is 11.0. The van der Waals surface area contributed by atoms with Crippen LogP contribution in [0.3, 0.4) is 0 Å². The van der Waals surface area contributed by atoms with E-state index in [2.05, 4.69) is 5.32 Å². The Morgan fingerprint density at radius 2 is 1.81 bits per heavy atom. The fourth-order valence-corrected chi connectivity index (χ4v) is 1.99. The molecule has 0 saturated heterocycles. The minimum absolute atomic E-state index is 0.144. The molecule has 21 heavy (non-hydrogen) atoms. The number of aliphatic carboxylic acids is 2. The maximum absolute atomic E-state index is 12.2. The first-order valence-electron chi connectivity index (χ1n) is 6.19. The highest BCUT2D eigenvalue weighted by atomic mass is 16.5. The molecule has 1 amide bonds. The van der Waals surface area contributed by atoms with Crippen molar-refractivity contribution >= 4 is 23.5 Å². The maximum Gasteiger partial charge on any atom is 0.323 e. The van der Waals surface area contributed by atoms with Gasteiger partial charge in [0.1, 0.15) is 18.8 Å². The van der Waals surface area contributed by atoms with E-state index in [1.807, 2.05) is 0 Å². The predicted molar refractivity (Wildman–Crippen MR) is 71.2 cm³/mol.